The molecule has 0 aliphatic rings. The molecule has 1 heterocycles. The van der Waals surface area contributed by atoms with Crippen molar-refractivity contribution in [1.29, 1.82) is 0 Å². The van der Waals surface area contributed by atoms with Gasteiger partial charge in [-0.2, -0.15) is 0 Å². The molecular weight excluding hydrogens is 304 g/mol. The fourth-order valence-corrected chi connectivity index (χ4v) is 2.39. The number of carbonyl (C=O) groups excluding carboxylic acids is 1. The number of rotatable bonds is 4. The van der Waals surface area contributed by atoms with E-state index in [-0.39, 0.29) is 25.3 Å². The predicted octanol–water partition coefficient (Wildman–Crippen LogP) is 3.04. The highest BCUT2D eigenvalue weighted by atomic mass is 16.3. The Kier molecular flexibility index (Phi) is 5.50. The summed E-state index contributed by atoms with van der Waals surface area (Å²) in [6.07, 6.45) is 0.754. The van der Waals surface area contributed by atoms with Crippen LogP contribution in [0.5, 0.6) is 5.75 Å². The number of phenols is 1. The number of hydrogen-bond acceptors (Lipinski definition) is 4. The number of aliphatic hydroxyl groups is 1. The van der Waals surface area contributed by atoms with Gasteiger partial charge in [-0.1, -0.05) is 49.9 Å². The van der Waals surface area contributed by atoms with E-state index in [1.165, 1.54) is 0 Å². The molecule has 3 N–H and O–H groups in total. The molecule has 1 amide bonds. The summed E-state index contributed by atoms with van der Waals surface area (Å²) in [5.74, 6) is -0.611. The summed E-state index contributed by atoms with van der Waals surface area (Å²) in [5.41, 5.74) is 1.23. The molecular formula is C19H20N2O3. The molecule has 0 radical (unpaired) electrons. The summed E-state index contributed by atoms with van der Waals surface area (Å²) in [4.78, 5) is 16.3. The van der Waals surface area contributed by atoms with Gasteiger partial charge in [-0.05, 0) is 17.7 Å². The Morgan fingerprint density at radius 3 is 2.58 bits per heavy atom. The summed E-state index contributed by atoms with van der Waals surface area (Å²) >= 11 is 0. The largest absolute Gasteiger partial charge is 0.505 e. The van der Waals surface area contributed by atoms with E-state index in [0.717, 1.165) is 10.9 Å². The zero-order valence-corrected chi connectivity index (χ0v) is 12.3. The molecule has 124 valence electrons. The third kappa shape index (κ3) is 3.52. The summed E-state index contributed by atoms with van der Waals surface area (Å²) in [5, 5.41) is 23.7. The fourth-order valence-electron chi connectivity index (χ4n) is 2.39. The maximum Gasteiger partial charge on any atom is 0.255 e. The molecule has 0 aliphatic carbocycles. The van der Waals surface area contributed by atoms with Crippen molar-refractivity contribution < 1.29 is 15.0 Å². The van der Waals surface area contributed by atoms with Crippen LogP contribution in [-0.2, 0) is 0 Å². The first-order chi connectivity index (χ1) is 11.2. The summed E-state index contributed by atoms with van der Waals surface area (Å²) in [6.45, 7) is 0.0581. The third-order valence-corrected chi connectivity index (χ3v) is 3.63. The third-order valence-electron chi connectivity index (χ3n) is 3.63. The van der Waals surface area contributed by atoms with E-state index in [4.69, 9.17) is 0 Å². The Balaban J connectivity index is 0.00000208. The van der Waals surface area contributed by atoms with Gasteiger partial charge in [0.25, 0.3) is 5.91 Å². The number of aliphatic hydroxyl groups excluding tert-OH is 1. The van der Waals surface area contributed by atoms with Crippen LogP contribution in [0.15, 0.2) is 60.8 Å². The SMILES string of the molecule is C.O=C(NCC(O)c1ccccc1)c1ccc2cccnc2c1O. The molecule has 3 aromatic rings. The van der Waals surface area contributed by atoms with E-state index >= 15 is 0 Å². The zero-order valence-electron chi connectivity index (χ0n) is 12.3. The van der Waals surface area contributed by atoms with Crippen LogP contribution < -0.4 is 5.32 Å². The minimum absolute atomic E-state index is 0. The van der Waals surface area contributed by atoms with Gasteiger partial charge in [0.15, 0.2) is 5.75 Å². The van der Waals surface area contributed by atoms with Gasteiger partial charge >= 0.3 is 0 Å². The number of nitrogens with zero attached hydrogens (tertiary/aromatic N) is 1. The van der Waals surface area contributed by atoms with Crippen LogP contribution in [-0.4, -0.2) is 27.6 Å². The Morgan fingerprint density at radius 1 is 1.08 bits per heavy atom. The van der Waals surface area contributed by atoms with Gasteiger partial charge in [-0.25, -0.2) is 0 Å². The second kappa shape index (κ2) is 7.57. The Morgan fingerprint density at radius 2 is 1.83 bits per heavy atom. The van der Waals surface area contributed by atoms with Crippen LogP contribution in [0.4, 0.5) is 0 Å². The van der Waals surface area contributed by atoms with E-state index in [1.807, 2.05) is 24.3 Å². The molecule has 0 spiro atoms. The lowest BCUT2D eigenvalue weighted by Crippen LogP contribution is -2.28. The molecule has 2 aromatic carbocycles. The molecule has 0 bridgehead atoms. The lowest BCUT2D eigenvalue weighted by molar-refractivity contribution is 0.0914. The molecule has 0 saturated carbocycles. The molecule has 3 rings (SSSR count). The number of aromatic hydroxyl groups is 1. The second-order valence-electron chi connectivity index (χ2n) is 5.17. The number of aromatic nitrogens is 1. The maximum atomic E-state index is 12.2. The summed E-state index contributed by atoms with van der Waals surface area (Å²) < 4.78 is 0. The summed E-state index contributed by atoms with van der Waals surface area (Å²) in [6, 6.07) is 15.9. The van der Waals surface area contributed by atoms with Crippen LogP contribution in [0.25, 0.3) is 10.9 Å². The summed E-state index contributed by atoms with van der Waals surface area (Å²) in [7, 11) is 0. The molecule has 5 nitrogen and oxygen atoms in total. The van der Waals surface area contributed by atoms with Crippen molar-refractivity contribution in [3.63, 3.8) is 0 Å². The van der Waals surface area contributed by atoms with Gasteiger partial charge < -0.3 is 15.5 Å². The van der Waals surface area contributed by atoms with Gasteiger partial charge in [0, 0.05) is 18.1 Å². The average molecular weight is 324 g/mol. The predicted molar refractivity (Wildman–Crippen MR) is 93.9 cm³/mol. The van der Waals surface area contributed by atoms with Gasteiger partial charge in [0.2, 0.25) is 0 Å². The highest BCUT2D eigenvalue weighted by Crippen LogP contribution is 2.26. The zero-order chi connectivity index (χ0) is 16.2. The molecule has 0 fully saturated rings. The van der Waals surface area contributed by atoms with E-state index < -0.39 is 12.0 Å². The molecule has 5 heteroatoms. The molecule has 1 aromatic heterocycles. The number of fused-ring (bicyclic) bond motifs is 1. The van der Waals surface area contributed by atoms with Crippen molar-refractivity contribution in [1.82, 2.24) is 10.3 Å². The van der Waals surface area contributed by atoms with E-state index in [1.54, 1.807) is 36.5 Å². The number of carbonyl (C=O) groups is 1. The standard InChI is InChI=1S/C18H16N2O3.CH4/c21-15(12-5-2-1-3-6-12)11-20-18(23)14-9-8-13-7-4-10-19-16(13)17(14)22;/h1-10,15,21-22H,11H2,(H,20,23);1H4. The van der Waals surface area contributed by atoms with Crippen molar-refractivity contribution in [3.8, 4) is 5.75 Å². The minimum Gasteiger partial charge on any atom is -0.505 e. The van der Waals surface area contributed by atoms with Crippen LogP contribution in [0, 0.1) is 0 Å². The number of nitrogens with one attached hydrogen (secondary N) is 1. The van der Waals surface area contributed by atoms with Gasteiger partial charge in [0.05, 0.1) is 11.7 Å². The Bertz CT molecular complexity index is 834. The monoisotopic (exact) mass is 324 g/mol. The van der Waals surface area contributed by atoms with Crippen molar-refractivity contribution >= 4 is 16.8 Å². The van der Waals surface area contributed by atoms with Gasteiger partial charge in [0.1, 0.15) is 5.52 Å². The molecule has 1 unspecified atom stereocenters. The molecule has 24 heavy (non-hydrogen) atoms. The van der Waals surface area contributed by atoms with Gasteiger partial charge in [-0.3, -0.25) is 9.78 Å². The molecule has 0 aliphatic heterocycles. The van der Waals surface area contributed by atoms with Crippen LogP contribution >= 0.6 is 0 Å². The van der Waals surface area contributed by atoms with E-state index in [2.05, 4.69) is 10.3 Å². The van der Waals surface area contributed by atoms with E-state index in [0.29, 0.717) is 5.52 Å². The number of phenolic OH excluding ortho intramolecular Hbond substituents is 1. The Hall–Kier alpha value is -2.92. The highest BCUT2D eigenvalue weighted by Gasteiger charge is 2.16. The molecule has 0 saturated heterocycles. The first kappa shape index (κ1) is 17.4. The number of amides is 1. The second-order valence-corrected chi connectivity index (χ2v) is 5.17. The topological polar surface area (TPSA) is 82.5 Å². The fraction of sp³-hybridized carbons (Fsp3) is 0.158. The van der Waals surface area contributed by atoms with Crippen molar-refractivity contribution in [3.05, 3.63) is 71.9 Å². The average Bonchev–Trinajstić information content (AvgIpc) is 2.60. The van der Waals surface area contributed by atoms with Gasteiger partial charge in [-0.15, -0.1) is 0 Å². The minimum atomic E-state index is -0.805. The van der Waals surface area contributed by atoms with E-state index in [9.17, 15) is 15.0 Å². The lowest BCUT2D eigenvalue weighted by atomic mass is 10.1. The maximum absolute atomic E-state index is 12.2. The first-order valence-corrected chi connectivity index (χ1v) is 7.24. The van der Waals surface area contributed by atoms with Crippen molar-refractivity contribution in [2.45, 2.75) is 13.5 Å². The Labute approximate surface area is 140 Å². The highest BCUT2D eigenvalue weighted by molar-refractivity contribution is 6.02. The number of pyridine rings is 1. The number of hydrogen-bond donors (Lipinski definition) is 3. The number of benzene rings is 2. The van der Waals surface area contributed by atoms with Crippen LogP contribution in [0.1, 0.15) is 29.5 Å². The molecule has 1 atom stereocenters. The van der Waals surface area contributed by atoms with Crippen molar-refractivity contribution in [2.24, 2.45) is 0 Å². The lowest BCUT2D eigenvalue weighted by Gasteiger charge is -2.13. The smallest absolute Gasteiger partial charge is 0.255 e. The quantitative estimate of drug-likeness (QED) is 0.689. The van der Waals surface area contributed by atoms with Crippen LogP contribution in [0.3, 0.4) is 0 Å². The van der Waals surface area contributed by atoms with Crippen molar-refractivity contribution in [2.75, 3.05) is 6.54 Å². The normalized spacial score (nSPS) is 11.5. The van der Waals surface area contributed by atoms with Crippen LogP contribution in [0.2, 0.25) is 0 Å². The first-order valence-electron chi connectivity index (χ1n) is 7.24.